The largest absolute Gasteiger partial charge is 0.419 e. The van der Waals surface area contributed by atoms with Crippen LogP contribution in [0.3, 0.4) is 0 Å². The third-order valence-electron chi connectivity index (χ3n) is 4.35. The number of benzene rings is 2. The number of aromatic nitrogens is 1. The van der Waals surface area contributed by atoms with Crippen LogP contribution in [0.2, 0.25) is 0 Å². The van der Waals surface area contributed by atoms with Crippen LogP contribution in [0, 0.1) is 0 Å². The molecule has 3 N–H and O–H groups in total. The predicted octanol–water partition coefficient (Wildman–Crippen LogP) is 3.03. The number of nitrogens with one attached hydrogen (secondary N) is 1. The van der Waals surface area contributed by atoms with Gasteiger partial charge in [-0.3, -0.25) is 9.36 Å². The van der Waals surface area contributed by atoms with Crippen molar-refractivity contribution in [2.75, 3.05) is 26.0 Å². The first-order valence-electron chi connectivity index (χ1n) is 8.82. The number of halogens is 2. The molecule has 29 heavy (non-hydrogen) atoms. The number of carbonyl (C=O) groups is 1. The van der Waals surface area contributed by atoms with E-state index in [0.29, 0.717) is 29.9 Å². The third-order valence-corrected chi connectivity index (χ3v) is 4.35. The molecule has 0 saturated heterocycles. The van der Waals surface area contributed by atoms with Gasteiger partial charge in [0.05, 0.1) is 5.52 Å². The number of rotatable bonds is 7. The van der Waals surface area contributed by atoms with Crippen LogP contribution in [-0.2, 0) is 11.3 Å². The Kier molecular flexibility index (Phi) is 9.39. The summed E-state index contributed by atoms with van der Waals surface area (Å²) in [7, 11) is 3.88. The summed E-state index contributed by atoms with van der Waals surface area (Å²) in [5, 5.41) is 2.85. The van der Waals surface area contributed by atoms with Crippen LogP contribution in [0.15, 0.2) is 57.7 Å². The second-order valence-electron chi connectivity index (χ2n) is 6.77. The molecular weight excluding hydrogens is 415 g/mol. The Morgan fingerprint density at radius 1 is 1.17 bits per heavy atom. The zero-order chi connectivity index (χ0) is 19.4. The second-order valence-corrected chi connectivity index (χ2v) is 6.77. The summed E-state index contributed by atoms with van der Waals surface area (Å²) in [5.41, 5.74) is 8.78. The first-order valence-corrected chi connectivity index (χ1v) is 8.82. The second kappa shape index (κ2) is 11.0. The quantitative estimate of drug-likeness (QED) is 0.588. The Labute approximate surface area is 181 Å². The van der Waals surface area contributed by atoms with Gasteiger partial charge in [-0.05, 0) is 37.9 Å². The minimum Gasteiger partial charge on any atom is -0.408 e. The van der Waals surface area contributed by atoms with E-state index in [1.54, 1.807) is 22.8 Å². The topological polar surface area (TPSA) is 93.5 Å². The molecule has 1 aromatic heterocycles. The van der Waals surface area contributed by atoms with Crippen molar-refractivity contribution in [3.05, 3.63) is 64.6 Å². The molecule has 0 radical (unpaired) electrons. The molecule has 0 aliphatic heterocycles. The van der Waals surface area contributed by atoms with Gasteiger partial charge in [-0.25, -0.2) is 4.79 Å². The van der Waals surface area contributed by atoms with E-state index in [2.05, 4.69) is 5.32 Å². The van der Waals surface area contributed by atoms with E-state index in [1.165, 1.54) is 0 Å². The molecule has 0 aliphatic carbocycles. The average Bonchev–Trinajstić information content (AvgIpc) is 2.95. The number of oxazole rings is 1. The van der Waals surface area contributed by atoms with Crippen molar-refractivity contribution in [2.45, 2.75) is 19.0 Å². The SMILES string of the molecule is CN(C)CCn1c(=O)oc2ccc(NC(=O)CC(N)c3ccccc3)cc21.Cl.Cl. The van der Waals surface area contributed by atoms with E-state index >= 15 is 0 Å². The van der Waals surface area contributed by atoms with Crippen molar-refractivity contribution in [3.8, 4) is 0 Å². The summed E-state index contributed by atoms with van der Waals surface area (Å²) >= 11 is 0. The molecule has 1 heterocycles. The molecule has 9 heteroatoms. The van der Waals surface area contributed by atoms with Gasteiger partial charge in [0.25, 0.3) is 0 Å². The first kappa shape index (κ1) is 24.7. The van der Waals surface area contributed by atoms with Gasteiger partial charge in [0.2, 0.25) is 5.91 Å². The monoisotopic (exact) mass is 440 g/mol. The number of hydrogen-bond acceptors (Lipinski definition) is 5. The fraction of sp³-hybridized carbons (Fsp3) is 0.300. The lowest BCUT2D eigenvalue weighted by molar-refractivity contribution is -0.116. The molecule has 0 bridgehead atoms. The fourth-order valence-electron chi connectivity index (χ4n) is 2.88. The van der Waals surface area contributed by atoms with Crippen molar-refractivity contribution in [1.29, 1.82) is 0 Å². The molecule has 3 rings (SSSR count). The summed E-state index contributed by atoms with van der Waals surface area (Å²) in [6.45, 7) is 1.21. The van der Waals surface area contributed by atoms with Gasteiger partial charge in [-0.15, -0.1) is 24.8 Å². The Bertz CT molecular complexity index is 986. The lowest BCUT2D eigenvalue weighted by atomic mass is 10.0. The maximum atomic E-state index is 12.3. The number of carbonyl (C=O) groups excluding carboxylic acids is 1. The Morgan fingerprint density at radius 3 is 2.52 bits per heavy atom. The van der Waals surface area contributed by atoms with Gasteiger partial charge in [-0.1, -0.05) is 30.3 Å². The molecule has 0 saturated carbocycles. The number of anilines is 1. The Hall–Kier alpha value is -2.32. The molecular formula is C20H26Cl2N4O3. The molecule has 1 atom stereocenters. The number of hydrogen-bond donors (Lipinski definition) is 2. The van der Waals surface area contributed by atoms with Crippen molar-refractivity contribution in [3.63, 3.8) is 0 Å². The van der Waals surface area contributed by atoms with Crippen LogP contribution in [0.1, 0.15) is 18.0 Å². The van der Waals surface area contributed by atoms with E-state index in [4.69, 9.17) is 10.2 Å². The van der Waals surface area contributed by atoms with Gasteiger partial charge in [-0.2, -0.15) is 0 Å². The molecule has 1 amide bonds. The van der Waals surface area contributed by atoms with Crippen LogP contribution >= 0.6 is 24.8 Å². The van der Waals surface area contributed by atoms with Crippen molar-refractivity contribution in [1.82, 2.24) is 9.47 Å². The van der Waals surface area contributed by atoms with Gasteiger partial charge >= 0.3 is 5.76 Å². The molecule has 2 aromatic carbocycles. The number of amides is 1. The standard InChI is InChI=1S/C20H24N4O3.2ClH/c1-23(2)10-11-24-17-12-15(8-9-18(17)27-20(24)26)22-19(25)13-16(21)14-6-4-3-5-7-14;;/h3-9,12,16H,10-11,13,21H2,1-2H3,(H,22,25);2*1H. The van der Waals surface area contributed by atoms with Crippen LogP contribution in [0.25, 0.3) is 11.1 Å². The third kappa shape index (κ3) is 6.33. The van der Waals surface area contributed by atoms with Gasteiger partial charge in [0, 0.05) is 31.2 Å². The highest BCUT2D eigenvalue weighted by molar-refractivity contribution is 5.93. The smallest absolute Gasteiger partial charge is 0.408 e. The molecule has 1 unspecified atom stereocenters. The number of nitrogens with zero attached hydrogens (tertiary/aromatic N) is 2. The summed E-state index contributed by atoms with van der Waals surface area (Å²) in [6.07, 6.45) is 0.168. The van der Waals surface area contributed by atoms with E-state index in [-0.39, 0.29) is 43.2 Å². The highest BCUT2D eigenvalue weighted by Gasteiger charge is 2.14. The first-order chi connectivity index (χ1) is 12.9. The van der Waals surface area contributed by atoms with Crippen LogP contribution in [0.4, 0.5) is 5.69 Å². The number of fused-ring (bicyclic) bond motifs is 1. The maximum absolute atomic E-state index is 12.3. The van der Waals surface area contributed by atoms with Gasteiger partial charge < -0.3 is 20.4 Å². The van der Waals surface area contributed by atoms with E-state index in [1.807, 2.05) is 49.3 Å². The van der Waals surface area contributed by atoms with Crippen LogP contribution < -0.4 is 16.8 Å². The van der Waals surface area contributed by atoms with E-state index < -0.39 is 5.76 Å². The average molecular weight is 441 g/mol. The van der Waals surface area contributed by atoms with Gasteiger partial charge in [0.1, 0.15) is 0 Å². The summed E-state index contributed by atoms with van der Waals surface area (Å²) < 4.78 is 6.84. The van der Waals surface area contributed by atoms with Gasteiger partial charge in [0.15, 0.2) is 5.58 Å². The highest BCUT2D eigenvalue weighted by atomic mass is 35.5. The minimum atomic E-state index is -0.401. The van der Waals surface area contributed by atoms with Crippen molar-refractivity contribution in [2.24, 2.45) is 5.73 Å². The van der Waals surface area contributed by atoms with Crippen LogP contribution in [-0.4, -0.2) is 36.0 Å². The fourth-order valence-corrected chi connectivity index (χ4v) is 2.88. The zero-order valence-electron chi connectivity index (χ0n) is 16.3. The Balaban J connectivity index is 0.00000210. The van der Waals surface area contributed by atoms with Crippen LogP contribution in [0.5, 0.6) is 0 Å². The molecule has 7 nitrogen and oxygen atoms in total. The summed E-state index contributed by atoms with van der Waals surface area (Å²) in [6, 6.07) is 14.3. The van der Waals surface area contributed by atoms with E-state index in [0.717, 1.165) is 5.56 Å². The highest BCUT2D eigenvalue weighted by Crippen LogP contribution is 2.20. The van der Waals surface area contributed by atoms with Crippen molar-refractivity contribution < 1.29 is 9.21 Å². The molecule has 0 aliphatic rings. The normalized spacial score (nSPS) is 11.6. The zero-order valence-corrected chi connectivity index (χ0v) is 18.0. The maximum Gasteiger partial charge on any atom is 0.419 e. The van der Waals surface area contributed by atoms with Crippen molar-refractivity contribution >= 4 is 47.5 Å². The minimum absolute atomic E-state index is 0. The summed E-state index contributed by atoms with van der Waals surface area (Å²) in [5.74, 6) is -0.585. The lowest BCUT2D eigenvalue weighted by Crippen LogP contribution is -2.23. The Morgan fingerprint density at radius 2 is 1.86 bits per heavy atom. The number of likely N-dealkylation sites (N-methyl/N-ethyl adjacent to an activating group) is 1. The lowest BCUT2D eigenvalue weighted by Gasteiger charge is -2.12. The predicted molar refractivity (Wildman–Crippen MR) is 120 cm³/mol. The molecule has 0 spiro atoms. The molecule has 3 aromatic rings. The molecule has 0 fully saturated rings. The molecule has 158 valence electrons. The number of nitrogens with two attached hydrogens (primary N) is 1. The van der Waals surface area contributed by atoms with E-state index in [9.17, 15) is 9.59 Å². The summed E-state index contributed by atoms with van der Waals surface area (Å²) in [4.78, 5) is 26.4.